The molecule has 0 amide bonds. The van der Waals surface area contributed by atoms with E-state index in [0.717, 1.165) is 34.0 Å². The highest BCUT2D eigenvalue weighted by atomic mass is 32.2. The molecule has 4 N–H and O–H groups in total. The lowest BCUT2D eigenvalue weighted by atomic mass is 10.1. The van der Waals surface area contributed by atoms with Gasteiger partial charge in [0.25, 0.3) is 16.0 Å². The van der Waals surface area contributed by atoms with Crippen LogP contribution in [0.3, 0.4) is 0 Å². The average molecular weight is 642 g/mol. The van der Waals surface area contributed by atoms with Crippen LogP contribution in [0.25, 0.3) is 5.69 Å². The molecular formula is C27H33F2N5O9S. The molecule has 0 bridgehead atoms. The number of aliphatic hydroxyl groups is 3. The van der Waals surface area contributed by atoms with E-state index < -0.39 is 57.0 Å². The van der Waals surface area contributed by atoms with Gasteiger partial charge in [0.15, 0.2) is 5.76 Å². The van der Waals surface area contributed by atoms with Gasteiger partial charge in [-0.1, -0.05) is 6.92 Å². The van der Waals surface area contributed by atoms with Crippen LogP contribution in [0.15, 0.2) is 52.2 Å². The van der Waals surface area contributed by atoms with Crippen molar-refractivity contribution in [3.63, 3.8) is 0 Å². The van der Waals surface area contributed by atoms with Crippen LogP contribution in [0.2, 0.25) is 0 Å². The van der Waals surface area contributed by atoms with Crippen LogP contribution in [0.1, 0.15) is 26.7 Å². The molecule has 17 heteroatoms. The van der Waals surface area contributed by atoms with Crippen LogP contribution >= 0.6 is 0 Å². The molecule has 2 aromatic rings. The van der Waals surface area contributed by atoms with Crippen LogP contribution in [0.5, 0.6) is 5.75 Å². The number of benzene rings is 1. The molecule has 1 atom stereocenters. The Morgan fingerprint density at radius 2 is 1.68 bits per heavy atom. The third-order valence-electron chi connectivity index (χ3n) is 7.86. The third kappa shape index (κ3) is 6.17. The monoisotopic (exact) mass is 641 g/mol. The molecule has 240 valence electrons. The number of halogens is 2. The Morgan fingerprint density at radius 3 is 2.27 bits per heavy atom. The number of aliphatic hydroxyl groups excluding tert-OH is 3. The van der Waals surface area contributed by atoms with Crippen LogP contribution in [0.4, 0.5) is 14.5 Å². The predicted octanol–water partition coefficient (Wildman–Crippen LogP) is 2.14. The van der Waals surface area contributed by atoms with E-state index in [2.05, 4.69) is 9.82 Å². The summed E-state index contributed by atoms with van der Waals surface area (Å²) in [5.41, 5.74) is -0.625. The minimum Gasteiger partial charge on any atom is -0.503 e. The Balaban J connectivity index is 1.32. The van der Waals surface area contributed by atoms with Gasteiger partial charge in [0.05, 0.1) is 25.0 Å². The molecule has 3 aliphatic rings. The number of hydrogen-bond donors (Lipinski definition) is 4. The quantitative estimate of drug-likeness (QED) is 0.299. The van der Waals surface area contributed by atoms with Crippen molar-refractivity contribution in [2.24, 2.45) is 5.41 Å². The molecule has 1 aromatic heterocycles. The van der Waals surface area contributed by atoms with Crippen LogP contribution in [-0.2, 0) is 19.7 Å². The van der Waals surface area contributed by atoms with E-state index in [0.29, 0.717) is 11.8 Å². The van der Waals surface area contributed by atoms with Crippen LogP contribution in [-0.4, -0.2) is 90.1 Å². The molecule has 14 nitrogen and oxygen atoms in total. The lowest BCUT2D eigenvalue weighted by Gasteiger charge is -2.36. The molecule has 2 aliphatic heterocycles. The molecule has 1 aliphatic carbocycles. The molecule has 0 spiro atoms. The number of piperazine rings is 1. The molecular weight excluding hydrogens is 608 g/mol. The second kappa shape index (κ2) is 11.5. The number of anilines is 1. The van der Waals surface area contributed by atoms with Gasteiger partial charge in [-0.25, -0.2) is 8.78 Å². The molecule has 5 rings (SSSR count). The molecule has 1 aromatic carbocycles. The normalized spacial score (nSPS) is 22.2. The van der Waals surface area contributed by atoms with E-state index in [-0.39, 0.29) is 55.4 Å². The largest absolute Gasteiger partial charge is 0.503 e. The topological polar surface area (TPSA) is 176 Å². The van der Waals surface area contributed by atoms with Crippen molar-refractivity contribution in [2.45, 2.75) is 32.5 Å². The average Bonchev–Trinajstić information content (AvgIpc) is 3.73. The molecule has 0 unspecified atom stereocenters. The third-order valence-corrected chi connectivity index (χ3v) is 9.41. The van der Waals surface area contributed by atoms with Gasteiger partial charge < -0.3 is 34.4 Å². The van der Waals surface area contributed by atoms with E-state index in [1.807, 2.05) is 6.92 Å². The number of hydrogen-bond acceptors (Lipinski definition) is 11. The maximum absolute atomic E-state index is 13.9. The lowest BCUT2D eigenvalue weighted by molar-refractivity contribution is -0.187. The van der Waals surface area contributed by atoms with E-state index in [1.165, 1.54) is 20.2 Å². The molecule has 44 heavy (non-hydrogen) atoms. The minimum atomic E-state index is -4.13. The van der Waals surface area contributed by atoms with Gasteiger partial charge in [0.1, 0.15) is 17.3 Å². The Kier molecular flexibility index (Phi) is 8.25. The highest BCUT2D eigenvalue weighted by molar-refractivity contribution is 7.87. The molecule has 0 radical (unpaired) electrons. The van der Waals surface area contributed by atoms with Gasteiger partial charge in [-0.3, -0.25) is 4.79 Å². The van der Waals surface area contributed by atoms with Gasteiger partial charge in [-0.15, -0.1) is 0 Å². The Hall–Kier alpha value is -3.93. The summed E-state index contributed by atoms with van der Waals surface area (Å²) in [5.74, 6) is -6.57. The second-order valence-electron chi connectivity index (χ2n) is 11.2. The fraction of sp³-hybridized carbons (Fsp3) is 0.481. The summed E-state index contributed by atoms with van der Waals surface area (Å²) in [4.78, 5) is 15.2. The van der Waals surface area contributed by atoms with E-state index in [4.69, 9.17) is 14.2 Å². The summed E-state index contributed by atoms with van der Waals surface area (Å²) in [5, 5.41) is 34.3. The number of aromatic nitrogens is 2. The second-order valence-corrected chi connectivity index (χ2v) is 13.0. The fourth-order valence-electron chi connectivity index (χ4n) is 4.71. The van der Waals surface area contributed by atoms with E-state index in [9.17, 15) is 37.3 Å². The van der Waals surface area contributed by atoms with E-state index >= 15 is 0 Å². The first-order chi connectivity index (χ1) is 20.7. The molecule has 1 saturated carbocycles. The molecule has 3 heterocycles. The SMILES string of the molecule is CO[C@]1(C)OC(CNS(=O)(=O)N2CCN(c3cnn(-c4cc(F)cc(F)c4)c(=O)c3OCC3(C)CC3)CC2)=C(O)C(O)=C1O. The zero-order valence-electron chi connectivity index (χ0n) is 24.2. The standard InChI is InChI=1S/C27H33F2N5O9S/c1-26(4-5-26)15-42-23-19(13-30-34(25(23)38)18-11-16(28)10-17(29)12-18)32-6-8-33(9-7-32)44(39,40)31-14-20-21(35)22(36)24(37)27(2,41-3)43-20/h10-13,31,35-37H,4-9,14-15H2,1-3H3/t27-/m1/s1. The maximum atomic E-state index is 13.9. The molecule has 2 fully saturated rings. The van der Waals surface area contributed by atoms with Gasteiger partial charge in [-0.2, -0.15) is 27.2 Å². The van der Waals surface area contributed by atoms with Crippen molar-refractivity contribution < 1.29 is 46.7 Å². The highest BCUT2D eigenvalue weighted by Gasteiger charge is 2.42. The summed E-state index contributed by atoms with van der Waals surface area (Å²) in [6.45, 7) is 3.20. The van der Waals surface area contributed by atoms with Crippen LogP contribution < -0.4 is 19.9 Å². The summed E-state index contributed by atoms with van der Waals surface area (Å²) in [6.07, 6.45) is 3.18. The van der Waals surface area contributed by atoms with Crippen molar-refractivity contribution in [3.8, 4) is 11.4 Å². The summed E-state index contributed by atoms with van der Waals surface area (Å²) in [7, 11) is -2.94. The summed E-state index contributed by atoms with van der Waals surface area (Å²) >= 11 is 0. The number of methoxy groups -OCH3 is 1. The number of rotatable bonds is 10. The van der Waals surface area contributed by atoms with Crippen molar-refractivity contribution >= 4 is 15.9 Å². The first-order valence-electron chi connectivity index (χ1n) is 13.7. The smallest absolute Gasteiger partial charge is 0.316 e. The Bertz CT molecular complexity index is 1660. The zero-order valence-corrected chi connectivity index (χ0v) is 25.0. The Labute approximate surface area is 251 Å². The highest BCUT2D eigenvalue weighted by Crippen LogP contribution is 2.45. The minimum absolute atomic E-state index is 0.0156. The number of ether oxygens (including phenoxy) is 3. The van der Waals surface area contributed by atoms with Gasteiger partial charge >= 0.3 is 5.56 Å². The van der Waals surface area contributed by atoms with Gasteiger partial charge in [0.2, 0.25) is 23.0 Å². The van der Waals surface area contributed by atoms with Crippen LogP contribution in [0, 0.1) is 17.0 Å². The first-order valence-corrected chi connectivity index (χ1v) is 15.1. The predicted molar refractivity (Wildman–Crippen MR) is 152 cm³/mol. The summed E-state index contributed by atoms with van der Waals surface area (Å²) < 4.78 is 74.7. The van der Waals surface area contributed by atoms with Crippen molar-refractivity contribution in [2.75, 3.05) is 51.3 Å². The first kappa shape index (κ1) is 31.5. The lowest BCUT2D eigenvalue weighted by Crippen LogP contribution is -2.53. The Morgan fingerprint density at radius 1 is 1.05 bits per heavy atom. The van der Waals surface area contributed by atoms with Gasteiger partial charge in [-0.05, 0) is 25.0 Å². The number of nitrogens with zero attached hydrogens (tertiary/aromatic N) is 4. The fourth-order valence-corrected chi connectivity index (χ4v) is 5.85. The zero-order chi connectivity index (χ0) is 32.0. The number of nitrogens with one attached hydrogen (secondary N) is 1. The molecule has 1 saturated heterocycles. The summed E-state index contributed by atoms with van der Waals surface area (Å²) in [6, 6.07) is 2.63. The maximum Gasteiger partial charge on any atom is 0.316 e. The van der Waals surface area contributed by atoms with Gasteiger partial charge in [0, 0.05) is 51.7 Å². The van der Waals surface area contributed by atoms with Crippen molar-refractivity contribution in [3.05, 3.63) is 69.4 Å². The van der Waals surface area contributed by atoms with E-state index in [1.54, 1.807) is 4.90 Å². The van der Waals surface area contributed by atoms with Crippen molar-refractivity contribution in [1.29, 1.82) is 0 Å². The van der Waals surface area contributed by atoms with Crippen molar-refractivity contribution in [1.82, 2.24) is 18.8 Å².